The van der Waals surface area contributed by atoms with Gasteiger partial charge >= 0.3 is 0 Å². The monoisotopic (exact) mass is 409 g/mol. The van der Waals surface area contributed by atoms with Crippen LogP contribution >= 0.6 is 11.3 Å². The first kappa shape index (κ1) is 18.3. The summed E-state index contributed by atoms with van der Waals surface area (Å²) in [6.07, 6.45) is 1.80. The van der Waals surface area contributed by atoms with Gasteiger partial charge in [-0.25, -0.2) is 15.0 Å². The third kappa shape index (κ3) is 3.10. The number of nitrogens with zero attached hydrogens (tertiary/aromatic N) is 6. The number of fused-ring (bicyclic) bond motifs is 4. The lowest BCUT2D eigenvalue weighted by Crippen LogP contribution is -2.38. The van der Waals surface area contributed by atoms with Gasteiger partial charge in [-0.05, 0) is 32.4 Å². The first-order chi connectivity index (χ1) is 14.0. The van der Waals surface area contributed by atoms with Crippen LogP contribution in [0.3, 0.4) is 0 Å². The molecular formula is C20H23N7OS. The summed E-state index contributed by atoms with van der Waals surface area (Å²) in [6.45, 7) is 6.22. The number of methoxy groups -OCH3 is 1. The third-order valence-corrected chi connectivity index (χ3v) is 6.59. The fraction of sp³-hybridized carbons (Fsp3) is 0.400. The van der Waals surface area contributed by atoms with E-state index in [1.54, 1.807) is 11.6 Å². The molecule has 1 aliphatic rings. The minimum atomic E-state index is 0.303. The van der Waals surface area contributed by atoms with Crippen molar-refractivity contribution < 1.29 is 4.74 Å². The van der Waals surface area contributed by atoms with Gasteiger partial charge in [0.25, 0.3) is 0 Å². The molecule has 1 aliphatic heterocycles. The average molecular weight is 410 g/mol. The largest absolute Gasteiger partial charge is 0.494 e. The third-order valence-electron chi connectivity index (χ3n) is 5.52. The second-order valence-electron chi connectivity index (χ2n) is 7.47. The van der Waals surface area contributed by atoms with E-state index in [0.717, 1.165) is 42.1 Å². The predicted molar refractivity (Wildman–Crippen MR) is 113 cm³/mol. The van der Waals surface area contributed by atoms with Crippen LogP contribution in [0.5, 0.6) is 5.75 Å². The van der Waals surface area contributed by atoms with E-state index in [0.29, 0.717) is 28.9 Å². The van der Waals surface area contributed by atoms with Gasteiger partial charge in [-0.1, -0.05) is 6.07 Å². The van der Waals surface area contributed by atoms with E-state index >= 15 is 0 Å². The molecule has 8 nitrogen and oxygen atoms in total. The van der Waals surface area contributed by atoms with Crippen LogP contribution in [0, 0.1) is 6.92 Å². The van der Waals surface area contributed by atoms with Gasteiger partial charge in [0.15, 0.2) is 11.5 Å². The smallest absolute Gasteiger partial charge is 0.223 e. The van der Waals surface area contributed by atoms with Crippen molar-refractivity contribution in [1.29, 1.82) is 0 Å². The second kappa shape index (κ2) is 6.93. The number of ether oxygens (including phenoxy) is 1. The van der Waals surface area contributed by atoms with Crippen LogP contribution in [-0.4, -0.2) is 49.2 Å². The fourth-order valence-electron chi connectivity index (χ4n) is 4.04. The quantitative estimate of drug-likeness (QED) is 0.554. The maximum atomic E-state index is 6.16. The first-order valence-corrected chi connectivity index (χ1v) is 10.5. The molecule has 9 heteroatoms. The molecule has 4 aromatic rings. The van der Waals surface area contributed by atoms with Gasteiger partial charge in [-0.3, -0.25) is 4.90 Å². The molecule has 3 aromatic heterocycles. The van der Waals surface area contributed by atoms with Crippen molar-refractivity contribution >= 4 is 33.8 Å². The Balaban J connectivity index is 1.45. The Bertz CT molecular complexity index is 1210. The van der Waals surface area contributed by atoms with Crippen molar-refractivity contribution in [1.82, 2.24) is 29.5 Å². The van der Waals surface area contributed by atoms with Gasteiger partial charge in [0.1, 0.15) is 11.3 Å². The molecule has 0 amide bonds. The molecule has 5 rings (SSSR count). The van der Waals surface area contributed by atoms with E-state index in [2.05, 4.69) is 28.8 Å². The summed E-state index contributed by atoms with van der Waals surface area (Å²) >= 11 is 1.82. The molecule has 29 heavy (non-hydrogen) atoms. The number of anilines is 1. The van der Waals surface area contributed by atoms with Crippen molar-refractivity contribution in [2.75, 3.05) is 19.4 Å². The van der Waals surface area contributed by atoms with E-state index < -0.39 is 0 Å². The molecule has 0 aliphatic carbocycles. The van der Waals surface area contributed by atoms with E-state index in [9.17, 15) is 0 Å². The van der Waals surface area contributed by atoms with Crippen molar-refractivity contribution in [3.8, 4) is 5.75 Å². The molecule has 4 heterocycles. The topological polar surface area (TPSA) is 94.5 Å². The number of thiazole rings is 1. The van der Waals surface area contributed by atoms with E-state index in [1.165, 1.54) is 10.6 Å². The molecule has 0 bridgehead atoms. The highest BCUT2D eigenvalue weighted by Gasteiger charge is 2.25. The normalized spacial score (nSPS) is 15.7. The van der Waals surface area contributed by atoms with Gasteiger partial charge in [0, 0.05) is 35.8 Å². The highest BCUT2D eigenvalue weighted by molar-refractivity contribution is 7.11. The van der Waals surface area contributed by atoms with Crippen LogP contribution in [0.1, 0.15) is 28.3 Å². The standard InChI is InChI=1S/C20H23N7OS/c1-11(26-8-7-16-14(10-26)22-12(2)29-16)9-17-23-19-13-5-4-6-15(28-3)18(13)24-20(21)27(19)25-17/h4-6,11H,7-10H2,1-3H3,(H2,21,24)/t11-/m1/s1. The minimum Gasteiger partial charge on any atom is -0.494 e. The Morgan fingerprint density at radius 3 is 2.97 bits per heavy atom. The van der Waals surface area contributed by atoms with Crippen LogP contribution in [0.25, 0.3) is 16.6 Å². The van der Waals surface area contributed by atoms with E-state index in [1.807, 2.05) is 29.5 Å². The van der Waals surface area contributed by atoms with E-state index in [-0.39, 0.29) is 0 Å². The lowest BCUT2D eigenvalue weighted by atomic mass is 10.1. The van der Waals surface area contributed by atoms with Crippen molar-refractivity contribution in [3.63, 3.8) is 0 Å². The Kier molecular flexibility index (Phi) is 4.36. The first-order valence-electron chi connectivity index (χ1n) is 9.70. The molecule has 0 fully saturated rings. The number of benzene rings is 1. The SMILES string of the molecule is COc1cccc2c1nc(N)n1nc(C[C@@H](C)N3CCc4sc(C)nc4C3)nc21. The van der Waals surface area contributed by atoms with Gasteiger partial charge in [-0.2, -0.15) is 4.52 Å². The summed E-state index contributed by atoms with van der Waals surface area (Å²) < 4.78 is 7.05. The van der Waals surface area contributed by atoms with Gasteiger partial charge in [0.2, 0.25) is 5.95 Å². The number of nitrogen functional groups attached to an aromatic ring is 1. The molecule has 1 atom stereocenters. The lowest BCUT2D eigenvalue weighted by Gasteiger charge is -2.31. The molecule has 2 N–H and O–H groups in total. The van der Waals surface area contributed by atoms with Crippen molar-refractivity contribution in [2.24, 2.45) is 0 Å². The zero-order chi connectivity index (χ0) is 20.1. The highest BCUT2D eigenvalue weighted by atomic mass is 32.1. The van der Waals surface area contributed by atoms with Crippen molar-refractivity contribution in [2.45, 2.75) is 39.3 Å². The minimum absolute atomic E-state index is 0.303. The second-order valence-corrected chi connectivity index (χ2v) is 8.75. The van der Waals surface area contributed by atoms with Crippen LogP contribution in [0.4, 0.5) is 5.95 Å². The van der Waals surface area contributed by atoms with Crippen molar-refractivity contribution in [3.05, 3.63) is 39.6 Å². The number of para-hydroxylation sites is 1. The maximum absolute atomic E-state index is 6.16. The summed E-state index contributed by atoms with van der Waals surface area (Å²) in [4.78, 5) is 17.9. The Morgan fingerprint density at radius 2 is 2.14 bits per heavy atom. The summed E-state index contributed by atoms with van der Waals surface area (Å²) in [5, 5.41) is 6.67. The maximum Gasteiger partial charge on any atom is 0.223 e. The number of hydrogen-bond donors (Lipinski definition) is 1. The number of hydrogen-bond acceptors (Lipinski definition) is 8. The fourth-order valence-corrected chi connectivity index (χ4v) is 4.97. The zero-order valence-corrected chi connectivity index (χ0v) is 17.5. The Labute approximate surface area is 172 Å². The van der Waals surface area contributed by atoms with Crippen LogP contribution < -0.4 is 10.5 Å². The molecule has 0 radical (unpaired) electrons. The number of rotatable bonds is 4. The highest BCUT2D eigenvalue weighted by Crippen LogP contribution is 2.28. The molecule has 0 spiro atoms. The number of nitrogens with two attached hydrogens (primary N) is 1. The summed E-state index contributed by atoms with van der Waals surface area (Å²) in [5.74, 6) is 1.75. The average Bonchev–Trinajstić information content (AvgIpc) is 3.30. The lowest BCUT2D eigenvalue weighted by molar-refractivity contribution is 0.186. The van der Waals surface area contributed by atoms with E-state index in [4.69, 9.17) is 20.4 Å². The Morgan fingerprint density at radius 1 is 1.28 bits per heavy atom. The Hall–Kier alpha value is -2.78. The summed E-state index contributed by atoms with van der Waals surface area (Å²) in [7, 11) is 1.63. The molecule has 0 saturated carbocycles. The molecular weight excluding hydrogens is 386 g/mol. The predicted octanol–water partition coefficient (Wildman–Crippen LogP) is 2.62. The number of aromatic nitrogens is 5. The zero-order valence-electron chi connectivity index (χ0n) is 16.7. The van der Waals surface area contributed by atoms with Gasteiger partial charge in [-0.15, -0.1) is 16.4 Å². The van der Waals surface area contributed by atoms with Gasteiger partial charge < -0.3 is 10.5 Å². The van der Waals surface area contributed by atoms with Crippen LogP contribution in [-0.2, 0) is 19.4 Å². The molecule has 0 unspecified atom stereocenters. The molecule has 150 valence electrons. The number of aryl methyl sites for hydroxylation is 1. The van der Waals surface area contributed by atoms with Crippen LogP contribution in [0.2, 0.25) is 0 Å². The van der Waals surface area contributed by atoms with Gasteiger partial charge in [0.05, 0.1) is 17.8 Å². The molecule has 0 saturated heterocycles. The molecule has 1 aromatic carbocycles. The summed E-state index contributed by atoms with van der Waals surface area (Å²) in [6, 6.07) is 6.07. The summed E-state index contributed by atoms with van der Waals surface area (Å²) in [5.41, 5.74) is 8.80. The van der Waals surface area contributed by atoms with Crippen LogP contribution in [0.15, 0.2) is 18.2 Å².